The number of aryl methyl sites for hydroxylation is 1. The summed E-state index contributed by atoms with van der Waals surface area (Å²) in [6.45, 7) is 2.00. The quantitative estimate of drug-likeness (QED) is 0.779. The van der Waals surface area contributed by atoms with Gasteiger partial charge in [0.2, 0.25) is 0 Å². The third-order valence-corrected chi connectivity index (χ3v) is 3.89. The van der Waals surface area contributed by atoms with Crippen molar-refractivity contribution in [1.29, 1.82) is 0 Å². The second-order valence-electron chi connectivity index (χ2n) is 5.38. The minimum atomic E-state index is -0.136. The summed E-state index contributed by atoms with van der Waals surface area (Å²) in [5.41, 5.74) is 4.01. The Hall–Kier alpha value is -2.59. The lowest BCUT2D eigenvalue weighted by molar-refractivity contribution is 0.0988. The van der Waals surface area contributed by atoms with Crippen LogP contribution in [0.3, 0.4) is 0 Å². The van der Waals surface area contributed by atoms with Crippen LogP contribution in [-0.2, 0) is 0 Å². The van der Waals surface area contributed by atoms with E-state index in [4.69, 9.17) is 11.6 Å². The van der Waals surface area contributed by atoms with Crippen LogP contribution in [0.4, 0.5) is 5.69 Å². The minimum Gasteiger partial charge on any atom is -0.310 e. The molecule has 0 saturated carbocycles. The molecule has 5 heteroatoms. The highest BCUT2D eigenvalue weighted by atomic mass is 35.5. The van der Waals surface area contributed by atoms with Crippen LogP contribution in [0.15, 0.2) is 54.6 Å². The van der Waals surface area contributed by atoms with E-state index in [1.807, 2.05) is 43.3 Å². The molecule has 0 aliphatic rings. The molecule has 1 amide bonds. The van der Waals surface area contributed by atoms with Crippen molar-refractivity contribution < 1.29 is 4.79 Å². The summed E-state index contributed by atoms with van der Waals surface area (Å²) in [6.07, 6.45) is 0. The fourth-order valence-electron chi connectivity index (χ4n) is 2.33. The van der Waals surface area contributed by atoms with Gasteiger partial charge in [-0.15, -0.1) is 0 Å². The molecule has 0 aliphatic carbocycles. The Morgan fingerprint density at radius 1 is 1.13 bits per heavy atom. The van der Waals surface area contributed by atoms with E-state index in [-0.39, 0.29) is 5.91 Å². The van der Waals surface area contributed by atoms with Crippen molar-refractivity contribution in [2.24, 2.45) is 0 Å². The fourth-order valence-corrected chi connectivity index (χ4v) is 2.46. The van der Waals surface area contributed by atoms with Crippen LogP contribution in [0.2, 0.25) is 5.02 Å². The minimum absolute atomic E-state index is 0.136. The molecule has 0 unspecified atom stereocenters. The summed E-state index contributed by atoms with van der Waals surface area (Å²) >= 11 is 5.89. The lowest BCUT2D eigenvalue weighted by Crippen LogP contribution is -2.26. The van der Waals surface area contributed by atoms with Crippen LogP contribution < -0.4 is 4.90 Å². The van der Waals surface area contributed by atoms with Gasteiger partial charge in [-0.25, -0.2) is 0 Å². The molecule has 3 aromatic rings. The Bertz CT molecular complexity index is 839. The molecular formula is C18H16ClN3O. The van der Waals surface area contributed by atoms with E-state index < -0.39 is 0 Å². The number of benzene rings is 2. The van der Waals surface area contributed by atoms with Gasteiger partial charge in [0.1, 0.15) is 5.69 Å². The number of halogens is 1. The molecule has 23 heavy (non-hydrogen) atoms. The predicted molar refractivity (Wildman–Crippen MR) is 92.9 cm³/mol. The van der Waals surface area contributed by atoms with Crippen LogP contribution in [0.25, 0.3) is 11.3 Å². The molecule has 0 radical (unpaired) electrons. The first-order chi connectivity index (χ1) is 11.0. The summed E-state index contributed by atoms with van der Waals surface area (Å²) in [7, 11) is 1.75. The van der Waals surface area contributed by atoms with E-state index in [1.54, 1.807) is 30.1 Å². The molecule has 1 heterocycles. The van der Waals surface area contributed by atoms with Crippen molar-refractivity contribution in [3.05, 3.63) is 70.9 Å². The third kappa shape index (κ3) is 3.27. The van der Waals surface area contributed by atoms with Gasteiger partial charge in [-0.05, 0) is 42.8 Å². The maximum atomic E-state index is 12.6. The molecule has 0 saturated heterocycles. The van der Waals surface area contributed by atoms with Crippen LogP contribution in [0, 0.1) is 6.92 Å². The maximum Gasteiger partial charge on any atom is 0.276 e. The highest BCUT2D eigenvalue weighted by Crippen LogP contribution is 2.22. The zero-order chi connectivity index (χ0) is 16.4. The molecule has 0 atom stereocenters. The highest BCUT2D eigenvalue weighted by Gasteiger charge is 2.16. The van der Waals surface area contributed by atoms with Crippen LogP contribution >= 0.6 is 11.6 Å². The predicted octanol–water partition coefficient (Wildman–Crippen LogP) is 4.32. The van der Waals surface area contributed by atoms with Gasteiger partial charge < -0.3 is 4.90 Å². The van der Waals surface area contributed by atoms with Gasteiger partial charge in [0.25, 0.3) is 5.91 Å². The van der Waals surface area contributed by atoms with E-state index in [9.17, 15) is 4.79 Å². The van der Waals surface area contributed by atoms with Gasteiger partial charge in [0.05, 0.1) is 5.69 Å². The molecule has 0 bridgehead atoms. The van der Waals surface area contributed by atoms with Crippen molar-refractivity contribution in [3.63, 3.8) is 0 Å². The Labute approximate surface area is 139 Å². The van der Waals surface area contributed by atoms with Gasteiger partial charge in [0, 0.05) is 23.3 Å². The number of amides is 1. The molecular weight excluding hydrogens is 310 g/mol. The normalized spacial score (nSPS) is 10.6. The summed E-state index contributed by atoms with van der Waals surface area (Å²) in [6, 6.07) is 16.9. The number of hydrogen-bond donors (Lipinski definition) is 1. The first-order valence-corrected chi connectivity index (χ1v) is 7.58. The number of nitrogens with zero attached hydrogens (tertiary/aromatic N) is 2. The number of nitrogens with one attached hydrogen (secondary N) is 1. The molecule has 1 aromatic heterocycles. The number of carbonyl (C=O) groups is 1. The van der Waals surface area contributed by atoms with Crippen LogP contribution in [0.5, 0.6) is 0 Å². The fraction of sp³-hybridized carbons (Fsp3) is 0.111. The zero-order valence-corrected chi connectivity index (χ0v) is 13.6. The number of aromatic amines is 1. The molecule has 0 aliphatic heterocycles. The van der Waals surface area contributed by atoms with Crippen molar-refractivity contribution in [3.8, 4) is 11.3 Å². The summed E-state index contributed by atoms with van der Waals surface area (Å²) in [5.74, 6) is -0.136. The lowest BCUT2D eigenvalue weighted by atomic mass is 10.1. The molecule has 116 valence electrons. The van der Waals surface area contributed by atoms with E-state index in [0.717, 1.165) is 16.8 Å². The largest absolute Gasteiger partial charge is 0.310 e. The summed E-state index contributed by atoms with van der Waals surface area (Å²) in [5, 5.41) is 7.69. The van der Waals surface area contributed by atoms with Gasteiger partial charge >= 0.3 is 0 Å². The second-order valence-corrected chi connectivity index (χ2v) is 5.81. The molecule has 2 aromatic carbocycles. The Morgan fingerprint density at radius 2 is 1.87 bits per heavy atom. The van der Waals surface area contributed by atoms with Crippen LogP contribution in [-0.4, -0.2) is 23.2 Å². The van der Waals surface area contributed by atoms with Gasteiger partial charge in [-0.1, -0.05) is 35.9 Å². The Kier molecular flexibility index (Phi) is 4.17. The second kappa shape index (κ2) is 6.26. The first-order valence-electron chi connectivity index (χ1n) is 7.20. The number of anilines is 1. The standard InChI is InChI=1S/C18H16ClN3O/c1-12-4-3-5-15(10-12)22(2)18(23)17-11-16(20-21-17)13-6-8-14(19)9-7-13/h3-11H,1-2H3,(H,20,21). The smallest absolute Gasteiger partial charge is 0.276 e. The van der Waals surface area contributed by atoms with Crippen molar-refractivity contribution in [2.45, 2.75) is 6.92 Å². The Balaban J connectivity index is 1.84. The van der Waals surface area contributed by atoms with Crippen molar-refractivity contribution in [1.82, 2.24) is 10.2 Å². The molecule has 4 nitrogen and oxygen atoms in total. The van der Waals surface area contributed by atoms with Gasteiger partial charge in [0.15, 0.2) is 0 Å². The Morgan fingerprint density at radius 3 is 2.57 bits per heavy atom. The monoisotopic (exact) mass is 325 g/mol. The number of hydrogen-bond acceptors (Lipinski definition) is 2. The number of rotatable bonds is 3. The molecule has 0 spiro atoms. The topological polar surface area (TPSA) is 49.0 Å². The molecule has 0 fully saturated rings. The SMILES string of the molecule is Cc1cccc(N(C)C(=O)c2cc(-c3ccc(Cl)cc3)n[nH]2)c1. The van der Waals surface area contributed by atoms with E-state index in [0.29, 0.717) is 16.4 Å². The lowest BCUT2D eigenvalue weighted by Gasteiger charge is -2.16. The van der Waals surface area contributed by atoms with E-state index in [1.165, 1.54) is 0 Å². The van der Waals surface area contributed by atoms with Crippen molar-refractivity contribution in [2.75, 3.05) is 11.9 Å². The summed E-state index contributed by atoms with van der Waals surface area (Å²) < 4.78 is 0. The number of H-pyrrole nitrogens is 1. The first kappa shape index (κ1) is 15.3. The number of aromatic nitrogens is 2. The van der Waals surface area contributed by atoms with Gasteiger partial charge in [-0.2, -0.15) is 5.10 Å². The maximum absolute atomic E-state index is 12.6. The molecule has 3 rings (SSSR count). The zero-order valence-electron chi connectivity index (χ0n) is 12.9. The number of carbonyl (C=O) groups excluding carboxylic acids is 1. The van der Waals surface area contributed by atoms with E-state index >= 15 is 0 Å². The van der Waals surface area contributed by atoms with Crippen LogP contribution in [0.1, 0.15) is 16.1 Å². The average molecular weight is 326 g/mol. The highest BCUT2D eigenvalue weighted by molar-refractivity contribution is 6.30. The third-order valence-electron chi connectivity index (χ3n) is 3.64. The van der Waals surface area contributed by atoms with E-state index in [2.05, 4.69) is 10.2 Å². The van der Waals surface area contributed by atoms with Crippen molar-refractivity contribution >= 4 is 23.2 Å². The average Bonchev–Trinajstić information content (AvgIpc) is 3.04. The summed E-state index contributed by atoms with van der Waals surface area (Å²) in [4.78, 5) is 14.2. The molecule has 1 N–H and O–H groups in total. The van der Waals surface area contributed by atoms with Gasteiger partial charge in [-0.3, -0.25) is 9.89 Å².